The molecule has 0 saturated carbocycles. The first-order valence-corrected chi connectivity index (χ1v) is 25.9. The third-order valence-corrected chi connectivity index (χ3v) is 16.2. The van der Waals surface area contributed by atoms with Crippen molar-refractivity contribution < 1.29 is 0 Å². The smallest absolute Gasteiger partial charge is 0.164 e. The van der Waals surface area contributed by atoms with Crippen LogP contribution in [0.25, 0.3) is 111 Å². The van der Waals surface area contributed by atoms with Gasteiger partial charge in [-0.3, -0.25) is 0 Å². The lowest BCUT2D eigenvalue weighted by Crippen LogP contribution is -2.56. The van der Waals surface area contributed by atoms with Crippen molar-refractivity contribution in [2.75, 3.05) is 0 Å². The second kappa shape index (κ2) is 21.5. The highest BCUT2D eigenvalue weighted by atomic mass is 15.0. The summed E-state index contributed by atoms with van der Waals surface area (Å²) in [5, 5.41) is 0.570. The van der Waals surface area contributed by atoms with E-state index in [1.165, 1.54) is 9.13 Å². The van der Waals surface area contributed by atoms with Crippen LogP contribution < -0.4 is 131 Å². The maximum absolute atomic E-state index is 7.48. The van der Waals surface area contributed by atoms with Crippen molar-refractivity contribution in [2.24, 2.45) is 0 Å². The molecule has 12 aromatic rings. The second-order valence-electron chi connectivity index (χ2n) is 20.8. The van der Waals surface area contributed by atoms with Crippen LogP contribution in [0.4, 0.5) is 0 Å². The van der Waals surface area contributed by atoms with Crippen LogP contribution in [0.5, 0.6) is 0 Å². The van der Waals surface area contributed by atoms with Crippen molar-refractivity contribution in [1.29, 1.82) is 0 Å². The van der Waals surface area contributed by atoms with Crippen LogP contribution in [-0.4, -0.2) is 212 Å². The Morgan fingerprint density at radius 2 is 0.430 bits per heavy atom. The summed E-state index contributed by atoms with van der Waals surface area (Å²) in [6, 6.07) is 25.5. The van der Waals surface area contributed by atoms with Crippen molar-refractivity contribution >= 4 is 363 Å². The van der Waals surface area contributed by atoms with Gasteiger partial charge < -0.3 is 9.13 Å². The minimum Gasteiger partial charge on any atom is -0.312 e. The molecule has 338 valence electrons. The summed E-state index contributed by atoms with van der Waals surface area (Å²) in [4.78, 5) is 15.2. The third kappa shape index (κ3) is 8.52. The Kier molecular flexibility index (Phi) is 14.9. The zero-order chi connectivity index (χ0) is 61.9. The number of benzene rings is 9. The Bertz CT molecular complexity index is 4720. The minimum absolute atomic E-state index is 0.0233. The summed E-state index contributed by atoms with van der Waals surface area (Å²) >= 11 is 0. The lowest BCUT2D eigenvalue weighted by molar-refractivity contribution is 1.08. The van der Waals surface area contributed by atoms with Gasteiger partial charge in [-0.05, 0) is 43.8 Å². The highest BCUT2D eigenvalue weighted by Crippen LogP contribution is 2.33. The van der Waals surface area contributed by atoms with Crippen molar-refractivity contribution in [3.8, 4) is 67.8 Å². The van der Waals surface area contributed by atoms with E-state index < -0.39 is 0 Å². The second-order valence-corrected chi connectivity index (χ2v) is 20.8. The lowest BCUT2D eigenvalue weighted by atomic mass is 9.61. The number of rotatable bonds is 7. The molecule has 5 nitrogen and oxygen atoms in total. The highest BCUT2D eigenvalue weighted by Gasteiger charge is 2.31. The van der Waals surface area contributed by atoms with Gasteiger partial charge in [-0.25, -0.2) is 15.0 Å². The Balaban J connectivity index is 1.21. The zero-order valence-electron chi connectivity index (χ0n) is 45.6. The first-order valence-electron chi connectivity index (χ1n) is 25.9. The van der Waals surface area contributed by atoms with Crippen LogP contribution in [0.1, 0.15) is 0 Å². The summed E-state index contributed by atoms with van der Waals surface area (Å²) in [6.45, 7) is 0. The molecular weight excluding hydrogens is 1010 g/mol. The summed E-state index contributed by atoms with van der Waals surface area (Å²) in [6.07, 6.45) is 0. The molecule has 48 radical (unpaired) electrons. The van der Waals surface area contributed by atoms with Gasteiger partial charge in [-0.15, -0.1) is 54.6 Å². The van der Waals surface area contributed by atoms with Crippen LogP contribution in [0.3, 0.4) is 0 Å². The molecule has 29 heteroatoms. The fraction of sp³-hybridized carbons (Fsp3) is 0. The van der Waals surface area contributed by atoms with Crippen molar-refractivity contribution in [2.45, 2.75) is 0 Å². The number of nitrogens with zero attached hydrogens (tertiary/aromatic N) is 5. The van der Waals surface area contributed by atoms with Gasteiger partial charge >= 0.3 is 0 Å². The molecule has 3 heterocycles. The molecule has 0 unspecified atom stereocenters. The molecule has 0 spiro atoms. The average molecular weight is 1030 g/mol. The van der Waals surface area contributed by atoms with Crippen LogP contribution in [0.15, 0.2) is 78.9 Å². The van der Waals surface area contributed by atoms with E-state index in [2.05, 4.69) is 0 Å². The quantitative estimate of drug-likeness (QED) is 0.149. The molecule has 0 fully saturated rings. The number of fused-ring (bicyclic) bond motifs is 6. The number of aromatic nitrogens is 5. The summed E-state index contributed by atoms with van der Waals surface area (Å²) < 4.78 is 2.89. The fourth-order valence-electron chi connectivity index (χ4n) is 11.5. The maximum Gasteiger partial charge on any atom is 0.164 e. The van der Waals surface area contributed by atoms with Crippen LogP contribution in [0.2, 0.25) is 0 Å². The molecule has 0 amide bonds. The van der Waals surface area contributed by atoms with Gasteiger partial charge in [0.15, 0.2) is 17.5 Å². The predicted octanol–water partition coefficient (Wildman–Crippen LogP) is -14.5. The molecule has 0 bridgehead atoms. The molecule has 3 aromatic heterocycles. The van der Waals surface area contributed by atoms with Gasteiger partial charge in [0.05, 0.1) is 0 Å². The molecule has 0 atom stereocenters. The van der Waals surface area contributed by atoms with E-state index in [1.807, 2.05) is 66.7 Å². The number of hydrogen-bond acceptors (Lipinski definition) is 3. The molecule has 12 rings (SSSR count). The van der Waals surface area contributed by atoms with E-state index in [-0.39, 0.29) is 215 Å². The SMILES string of the molecule is [B]c1c([B])c([B])c(-n2c3c([B])c([B])c([B])c([B])c3c3c([B])c([B])c(-c4nc(-c5ccc(-c6ccc(-c7ccccc7)cc6)cc5)nc(-c5c([B])c([B])c6c7c([B])c([B])c([B])c([B])c7n(-c7c([B])c([B])c([B])c([B])c7[B])c6c5[B])n4)c([B])c32)c([B])c1[B]. The summed E-state index contributed by atoms with van der Waals surface area (Å²) in [5.74, 6) is -0.388. The first kappa shape index (κ1) is 59.5. The monoisotopic (exact) mass is 1030 g/mol. The lowest BCUT2D eigenvalue weighted by Gasteiger charge is -2.26. The van der Waals surface area contributed by atoms with Gasteiger partial charge in [0.1, 0.15) is 188 Å². The van der Waals surface area contributed by atoms with Gasteiger partial charge in [0, 0.05) is 50.1 Å². The van der Waals surface area contributed by atoms with Crippen LogP contribution in [0, 0.1) is 0 Å². The predicted molar refractivity (Wildman–Crippen MR) is 385 cm³/mol. The van der Waals surface area contributed by atoms with E-state index in [1.54, 1.807) is 12.1 Å². The van der Waals surface area contributed by atoms with Gasteiger partial charge in [-0.2, -0.15) is 0 Å². The van der Waals surface area contributed by atoms with Crippen LogP contribution >= 0.6 is 0 Å². The molecule has 86 heavy (non-hydrogen) atoms. The summed E-state index contributed by atoms with van der Waals surface area (Å²) in [5.41, 5.74) is 1.53. The van der Waals surface area contributed by atoms with E-state index in [0.29, 0.717) is 5.56 Å². The molecule has 0 aliphatic rings. The normalized spacial score (nSPS) is 11.7. The summed E-state index contributed by atoms with van der Waals surface area (Å²) in [7, 11) is 163. The van der Waals surface area contributed by atoms with E-state index in [9.17, 15) is 0 Å². The standard InChI is InChI=1S/C57H13B24N5/c58-25-19-21-27(60)33(66)37(70)43(76)51(21)85(53-45(78)39(72)35(68)40(73)46(53)79)49(19)31(64)23(29(25)62)56-82-55(18-12-10-17(11-13-18)16-8-6-15(7-9-16)14-4-2-1-3-5-14)83-57(84-56)24-30(63)26(59)20-22-28(61)34(67)38(71)44(77)52(22)86(50(20)32(24)65)54-47(80)41(74)36(69)42(75)48(54)81/h1-13H. The third-order valence-electron chi connectivity index (χ3n) is 16.2. The van der Waals surface area contributed by atoms with Crippen molar-refractivity contribution in [3.05, 3.63) is 78.9 Å². The van der Waals surface area contributed by atoms with Gasteiger partial charge in [-0.1, -0.05) is 155 Å². The van der Waals surface area contributed by atoms with Gasteiger partial charge in [0.2, 0.25) is 0 Å². The Labute approximate surface area is 530 Å². The number of hydrogen-bond donors (Lipinski definition) is 0. The molecule has 9 aromatic carbocycles. The fourth-order valence-corrected chi connectivity index (χ4v) is 11.5. The van der Waals surface area contributed by atoms with E-state index >= 15 is 0 Å². The van der Waals surface area contributed by atoms with Crippen molar-refractivity contribution in [1.82, 2.24) is 24.1 Å². The maximum atomic E-state index is 7.48. The van der Waals surface area contributed by atoms with E-state index in [4.69, 9.17) is 203 Å². The molecule has 0 N–H and O–H groups in total. The molecule has 0 saturated heterocycles. The largest absolute Gasteiger partial charge is 0.312 e. The zero-order valence-corrected chi connectivity index (χ0v) is 45.6. The van der Waals surface area contributed by atoms with Crippen LogP contribution in [-0.2, 0) is 0 Å². The van der Waals surface area contributed by atoms with E-state index in [0.717, 1.165) is 22.3 Å². The molecule has 0 aliphatic heterocycles. The van der Waals surface area contributed by atoms with Gasteiger partial charge in [0.25, 0.3) is 0 Å². The molecule has 0 aliphatic carbocycles. The minimum atomic E-state index is -0.206. The topological polar surface area (TPSA) is 48.5 Å². The Morgan fingerprint density at radius 1 is 0.198 bits per heavy atom. The first-order chi connectivity index (χ1) is 40.7. The Morgan fingerprint density at radius 3 is 0.756 bits per heavy atom. The Hall–Kier alpha value is -6.85. The van der Waals surface area contributed by atoms with Crippen molar-refractivity contribution in [3.63, 3.8) is 0 Å². The molecular formula is C57H13B24N5. The average Bonchev–Trinajstić information content (AvgIpc) is 1.55. The highest BCUT2D eigenvalue weighted by molar-refractivity contribution is 6.74.